The number of carbonyl (C=O) groups is 1. The quantitative estimate of drug-likeness (QED) is 0.531. The number of imidazole rings is 1. The first-order valence-corrected chi connectivity index (χ1v) is 8.67. The molecule has 1 aromatic heterocycles. The zero-order chi connectivity index (χ0) is 20.2. The van der Waals surface area contributed by atoms with Crippen molar-refractivity contribution >= 4 is 17.0 Å². The third kappa shape index (κ3) is 2.52. The summed E-state index contributed by atoms with van der Waals surface area (Å²) in [6.45, 7) is 4.28. The number of esters is 1. The maximum atomic E-state index is 14.8. The minimum absolute atomic E-state index is 0.0525. The van der Waals surface area contributed by atoms with Gasteiger partial charge >= 0.3 is 5.97 Å². The molecule has 0 unspecified atom stereocenters. The Labute approximate surface area is 160 Å². The molecule has 8 heteroatoms. The first-order chi connectivity index (χ1) is 13.3. The number of methoxy groups -OCH3 is 1. The first-order valence-electron chi connectivity index (χ1n) is 8.67. The van der Waals surface area contributed by atoms with Gasteiger partial charge in [-0.2, -0.15) is 0 Å². The lowest BCUT2D eigenvalue weighted by atomic mass is 9.98. The molecule has 0 spiro atoms. The molecule has 1 saturated heterocycles. The van der Waals surface area contributed by atoms with Gasteiger partial charge in [-0.3, -0.25) is 0 Å². The smallest absolute Gasteiger partial charge is 0.337 e. The highest BCUT2D eigenvalue weighted by molar-refractivity contribution is 5.94. The fourth-order valence-electron chi connectivity index (χ4n) is 3.50. The van der Waals surface area contributed by atoms with Crippen molar-refractivity contribution in [2.75, 3.05) is 20.3 Å². The van der Waals surface area contributed by atoms with Crippen molar-refractivity contribution < 1.29 is 28.9 Å². The van der Waals surface area contributed by atoms with Crippen LogP contribution in [0.15, 0.2) is 24.3 Å². The molecule has 146 valence electrons. The van der Waals surface area contributed by atoms with Gasteiger partial charge in [0, 0.05) is 0 Å². The molecule has 0 saturated carbocycles. The number of carbonyl (C=O) groups excluding carboxylic acids is 1. The molecule has 0 radical (unpaired) electrons. The van der Waals surface area contributed by atoms with E-state index < -0.39 is 28.8 Å². The summed E-state index contributed by atoms with van der Waals surface area (Å²) in [6.07, 6.45) is 0. The monoisotopic (exact) mass is 386 g/mol. The topological polar surface area (TPSA) is 93.8 Å². The summed E-state index contributed by atoms with van der Waals surface area (Å²) in [7, 11) is 1.30. The zero-order valence-corrected chi connectivity index (χ0v) is 15.6. The normalized spacial score (nSPS) is 15.4. The number of nitrogens with zero attached hydrogens (tertiary/aromatic N) is 2. The molecule has 28 heavy (non-hydrogen) atoms. The number of hydrogen-bond donors (Lipinski definition) is 2. The summed E-state index contributed by atoms with van der Waals surface area (Å²) in [6, 6.07) is 6.33. The highest BCUT2D eigenvalue weighted by Crippen LogP contribution is 2.41. The van der Waals surface area contributed by atoms with Crippen molar-refractivity contribution in [3.05, 3.63) is 41.2 Å². The average Bonchev–Trinajstić information content (AvgIpc) is 3.05. The highest BCUT2D eigenvalue weighted by atomic mass is 19.1. The van der Waals surface area contributed by atoms with E-state index in [0.717, 1.165) is 0 Å². The van der Waals surface area contributed by atoms with Crippen molar-refractivity contribution in [2.45, 2.75) is 19.4 Å². The molecule has 4 rings (SSSR count). The van der Waals surface area contributed by atoms with E-state index in [2.05, 4.69) is 4.98 Å². The summed E-state index contributed by atoms with van der Waals surface area (Å²) >= 11 is 0. The van der Waals surface area contributed by atoms with Crippen molar-refractivity contribution in [2.24, 2.45) is 0 Å². The van der Waals surface area contributed by atoms with Crippen molar-refractivity contribution in [3.8, 4) is 22.9 Å². The van der Waals surface area contributed by atoms with E-state index in [0.29, 0.717) is 35.4 Å². The number of phenols is 2. The molecule has 2 heterocycles. The summed E-state index contributed by atoms with van der Waals surface area (Å²) < 4.78 is 26.8. The molecular formula is C20H19FN2O5. The number of fused-ring (bicyclic) bond motifs is 1. The predicted molar refractivity (Wildman–Crippen MR) is 99.0 cm³/mol. The van der Waals surface area contributed by atoms with E-state index in [1.165, 1.54) is 13.2 Å². The Balaban J connectivity index is 2.04. The second-order valence-corrected chi connectivity index (χ2v) is 7.21. The van der Waals surface area contributed by atoms with E-state index in [-0.39, 0.29) is 11.4 Å². The lowest BCUT2D eigenvalue weighted by Gasteiger charge is -2.40. The van der Waals surface area contributed by atoms with Gasteiger partial charge in [0.25, 0.3) is 0 Å². The predicted octanol–water partition coefficient (Wildman–Crippen LogP) is 3.09. The number of aryl methyl sites for hydroxylation is 1. The number of hydrogen-bond acceptors (Lipinski definition) is 6. The number of aromatic hydroxyl groups is 2. The van der Waals surface area contributed by atoms with Gasteiger partial charge in [0.15, 0.2) is 17.3 Å². The van der Waals surface area contributed by atoms with Gasteiger partial charge in [0.1, 0.15) is 5.82 Å². The molecule has 0 atom stereocenters. The second-order valence-electron chi connectivity index (χ2n) is 7.21. The van der Waals surface area contributed by atoms with Crippen LogP contribution in [0.25, 0.3) is 22.4 Å². The SMILES string of the molecule is COC(=O)c1ccc2nc(-c3cc(C)c(O)c(O)c3F)n(C3(C)COC3)c2c1. The van der Waals surface area contributed by atoms with Gasteiger partial charge < -0.3 is 24.3 Å². The Hall–Kier alpha value is -3.13. The van der Waals surface area contributed by atoms with Gasteiger partial charge in [-0.1, -0.05) is 0 Å². The van der Waals surface area contributed by atoms with Gasteiger partial charge in [-0.15, -0.1) is 0 Å². The van der Waals surface area contributed by atoms with Crippen LogP contribution in [0.5, 0.6) is 11.5 Å². The lowest BCUT2D eigenvalue weighted by molar-refractivity contribution is -0.0868. The number of rotatable bonds is 3. The Morgan fingerprint density at radius 1 is 1.29 bits per heavy atom. The summed E-state index contributed by atoms with van der Waals surface area (Å²) in [5, 5.41) is 19.8. The highest BCUT2D eigenvalue weighted by Gasteiger charge is 2.39. The maximum Gasteiger partial charge on any atom is 0.337 e. The van der Waals surface area contributed by atoms with E-state index in [1.807, 2.05) is 11.5 Å². The van der Waals surface area contributed by atoms with Crippen LogP contribution in [0, 0.1) is 12.7 Å². The average molecular weight is 386 g/mol. The number of phenolic OH excluding ortho intramolecular Hbond substituents is 2. The summed E-state index contributed by atoms with van der Waals surface area (Å²) in [5.74, 6) is -2.50. The molecule has 0 bridgehead atoms. The Bertz CT molecular complexity index is 1120. The number of ether oxygens (including phenoxy) is 2. The van der Waals surface area contributed by atoms with Gasteiger partial charge in [-0.05, 0) is 43.7 Å². The van der Waals surface area contributed by atoms with Crippen LogP contribution < -0.4 is 0 Å². The van der Waals surface area contributed by atoms with Gasteiger partial charge in [-0.25, -0.2) is 14.2 Å². The molecule has 1 fully saturated rings. The fraction of sp³-hybridized carbons (Fsp3) is 0.300. The van der Waals surface area contributed by atoms with Crippen molar-refractivity contribution in [3.63, 3.8) is 0 Å². The standard InChI is InChI=1S/C20H19FN2O5/c1-10-6-12(15(21)17(25)16(10)24)18-22-13-5-4-11(19(26)27-3)7-14(13)23(18)20(2)8-28-9-20/h4-7,24-25H,8-9H2,1-3H3. The van der Waals surface area contributed by atoms with E-state index in [4.69, 9.17) is 9.47 Å². The van der Waals surface area contributed by atoms with Crippen LogP contribution >= 0.6 is 0 Å². The Kier molecular flexibility index (Phi) is 4.04. The zero-order valence-electron chi connectivity index (χ0n) is 15.6. The molecule has 1 aliphatic heterocycles. The lowest BCUT2D eigenvalue weighted by Crippen LogP contribution is -2.49. The van der Waals surface area contributed by atoms with Crippen LogP contribution in [-0.4, -0.2) is 46.1 Å². The Morgan fingerprint density at radius 2 is 2.00 bits per heavy atom. The minimum atomic E-state index is -0.961. The molecule has 0 aliphatic carbocycles. The second kappa shape index (κ2) is 6.20. The van der Waals surface area contributed by atoms with Crippen LogP contribution in [0.4, 0.5) is 4.39 Å². The van der Waals surface area contributed by atoms with Crippen LogP contribution in [0.1, 0.15) is 22.8 Å². The largest absolute Gasteiger partial charge is 0.504 e. The molecule has 7 nitrogen and oxygen atoms in total. The molecule has 0 amide bonds. The summed E-state index contributed by atoms with van der Waals surface area (Å²) in [4.78, 5) is 16.5. The van der Waals surface area contributed by atoms with Crippen LogP contribution in [0.2, 0.25) is 0 Å². The van der Waals surface area contributed by atoms with Gasteiger partial charge in [0.2, 0.25) is 0 Å². The Morgan fingerprint density at radius 3 is 2.61 bits per heavy atom. The number of aromatic nitrogens is 2. The third-order valence-electron chi connectivity index (χ3n) is 5.09. The van der Waals surface area contributed by atoms with E-state index >= 15 is 0 Å². The molecule has 2 N–H and O–H groups in total. The number of halogens is 1. The fourth-order valence-corrected chi connectivity index (χ4v) is 3.50. The van der Waals surface area contributed by atoms with Crippen molar-refractivity contribution in [1.29, 1.82) is 0 Å². The van der Waals surface area contributed by atoms with Crippen LogP contribution in [-0.2, 0) is 15.0 Å². The minimum Gasteiger partial charge on any atom is -0.504 e. The van der Waals surface area contributed by atoms with Crippen LogP contribution in [0.3, 0.4) is 0 Å². The third-order valence-corrected chi connectivity index (χ3v) is 5.09. The molecular weight excluding hydrogens is 367 g/mol. The molecule has 2 aromatic carbocycles. The van der Waals surface area contributed by atoms with E-state index in [1.54, 1.807) is 25.1 Å². The number of benzene rings is 2. The molecule has 3 aromatic rings. The maximum absolute atomic E-state index is 14.8. The van der Waals surface area contributed by atoms with Gasteiger partial charge in [0.05, 0.1) is 48.0 Å². The molecule has 1 aliphatic rings. The summed E-state index contributed by atoms with van der Waals surface area (Å²) in [5.41, 5.74) is 1.38. The first kappa shape index (κ1) is 18.2. The van der Waals surface area contributed by atoms with Crippen molar-refractivity contribution in [1.82, 2.24) is 9.55 Å². The van der Waals surface area contributed by atoms with E-state index in [9.17, 15) is 19.4 Å².